The standard InChI is InChI=1S/C25H31ClN4O3/c1-17(2)16-27-24(32)22(29-23(31)19-7-4-3-5-8-19)18-11-13-30(14-12-18)25(33)28-21-10-6-9-20(26)15-21/h3-10,15,17-18,22H,11-14,16H2,1-2H3,(H,27,32)(H,28,33)(H,29,31). The van der Waals surface area contributed by atoms with Gasteiger partial charge in [0.15, 0.2) is 0 Å². The quantitative estimate of drug-likeness (QED) is 0.567. The van der Waals surface area contributed by atoms with Crippen molar-refractivity contribution in [3.63, 3.8) is 0 Å². The van der Waals surface area contributed by atoms with Gasteiger partial charge >= 0.3 is 6.03 Å². The van der Waals surface area contributed by atoms with Crippen LogP contribution < -0.4 is 16.0 Å². The first kappa shape index (κ1) is 24.6. The van der Waals surface area contributed by atoms with Crippen molar-refractivity contribution in [3.8, 4) is 0 Å². The monoisotopic (exact) mass is 470 g/mol. The third-order valence-electron chi connectivity index (χ3n) is 5.66. The van der Waals surface area contributed by atoms with Gasteiger partial charge in [-0.2, -0.15) is 0 Å². The number of nitrogens with zero attached hydrogens (tertiary/aromatic N) is 1. The molecular formula is C25H31ClN4O3. The van der Waals surface area contributed by atoms with E-state index in [1.54, 1.807) is 53.4 Å². The van der Waals surface area contributed by atoms with Crippen LogP contribution in [-0.4, -0.2) is 48.4 Å². The number of piperidine rings is 1. The lowest BCUT2D eigenvalue weighted by molar-refractivity contribution is -0.124. The van der Waals surface area contributed by atoms with Gasteiger partial charge in [-0.1, -0.05) is 49.7 Å². The first-order valence-electron chi connectivity index (χ1n) is 11.3. The topological polar surface area (TPSA) is 90.5 Å². The molecule has 0 spiro atoms. The molecule has 0 aliphatic carbocycles. The second-order valence-corrected chi connectivity index (χ2v) is 9.16. The molecule has 1 saturated heterocycles. The normalized spacial score (nSPS) is 15.1. The molecule has 2 aromatic carbocycles. The number of hydrogen-bond donors (Lipinski definition) is 3. The van der Waals surface area contributed by atoms with Gasteiger partial charge in [-0.25, -0.2) is 4.79 Å². The molecule has 7 nitrogen and oxygen atoms in total. The molecule has 1 heterocycles. The van der Waals surface area contributed by atoms with Crippen LogP contribution in [0.1, 0.15) is 37.0 Å². The average Bonchev–Trinajstić information content (AvgIpc) is 2.81. The number of carbonyl (C=O) groups excluding carboxylic acids is 3. The van der Waals surface area contributed by atoms with Crippen molar-refractivity contribution in [2.45, 2.75) is 32.7 Å². The van der Waals surface area contributed by atoms with Crippen molar-refractivity contribution in [1.29, 1.82) is 0 Å². The molecule has 0 radical (unpaired) electrons. The summed E-state index contributed by atoms with van der Waals surface area (Å²) in [6.07, 6.45) is 1.22. The lowest BCUT2D eigenvalue weighted by atomic mass is 9.88. The Balaban J connectivity index is 1.63. The van der Waals surface area contributed by atoms with E-state index in [4.69, 9.17) is 11.6 Å². The predicted molar refractivity (Wildman–Crippen MR) is 130 cm³/mol. The van der Waals surface area contributed by atoms with Crippen molar-refractivity contribution in [1.82, 2.24) is 15.5 Å². The van der Waals surface area contributed by atoms with E-state index in [9.17, 15) is 14.4 Å². The summed E-state index contributed by atoms with van der Waals surface area (Å²) in [6, 6.07) is 15.0. The van der Waals surface area contributed by atoms with Gasteiger partial charge in [0.25, 0.3) is 5.91 Å². The van der Waals surface area contributed by atoms with Gasteiger partial charge in [-0.15, -0.1) is 0 Å². The molecule has 4 amide bonds. The van der Waals surface area contributed by atoms with Gasteiger partial charge in [0.05, 0.1) is 0 Å². The minimum Gasteiger partial charge on any atom is -0.354 e. The summed E-state index contributed by atoms with van der Waals surface area (Å²) in [5.41, 5.74) is 1.15. The van der Waals surface area contributed by atoms with E-state index >= 15 is 0 Å². The molecular weight excluding hydrogens is 440 g/mol. The molecule has 3 rings (SSSR count). The minimum atomic E-state index is -0.658. The van der Waals surface area contributed by atoms with E-state index in [2.05, 4.69) is 16.0 Å². The highest BCUT2D eigenvalue weighted by molar-refractivity contribution is 6.30. The summed E-state index contributed by atoms with van der Waals surface area (Å²) in [4.78, 5) is 40.1. The molecule has 1 atom stereocenters. The fourth-order valence-electron chi connectivity index (χ4n) is 3.83. The Labute approximate surface area is 199 Å². The molecule has 2 aromatic rings. The van der Waals surface area contributed by atoms with Crippen LogP contribution in [0.3, 0.4) is 0 Å². The highest BCUT2D eigenvalue weighted by Gasteiger charge is 2.34. The Hall–Kier alpha value is -3.06. The van der Waals surface area contributed by atoms with E-state index < -0.39 is 6.04 Å². The molecule has 1 unspecified atom stereocenters. The molecule has 0 saturated carbocycles. The lowest BCUT2D eigenvalue weighted by Crippen LogP contribution is -2.54. The van der Waals surface area contributed by atoms with E-state index in [0.717, 1.165) is 0 Å². The van der Waals surface area contributed by atoms with E-state index in [-0.39, 0.29) is 23.8 Å². The second kappa shape index (κ2) is 11.7. The predicted octanol–water partition coefficient (Wildman–Crippen LogP) is 4.15. The Morgan fingerprint density at radius 3 is 2.36 bits per heavy atom. The van der Waals surface area contributed by atoms with Crippen LogP contribution >= 0.6 is 11.6 Å². The van der Waals surface area contributed by atoms with Crippen molar-refractivity contribution in [2.75, 3.05) is 25.0 Å². The van der Waals surface area contributed by atoms with Crippen LogP contribution in [0.5, 0.6) is 0 Å². The number of halogens is 1. The van der Waals surface area contributed by atoms with Crippen molar-refractivity contribution in [2.24, 2.45) is 11.8 Å². The molecule has 8 heteroatoms. The SMILES string of the molecule is CC(C)CNC(=O)C(NC(=O)c1ccccc1)C1CCN(C(=O)Nc2cccc(Cl)c2)CC1. The molecule has 3 N–H and O–H groups in total. The molecule has 0 bridgehead atoms. The highest BCUT2D eigenvalue weighted by atomic mass is 35.5. The molecule has 176 valence electrons. The van der Waals surface area contributed by atoms with Gasteiger partial charge in [0, 0.05) is 35.9 Å². The third-order valence-corrected chi connectivity index (χ3v) is 5.90. The maximum atomic E-state index is 13.0. The first-order chi connectivity index (χ1) is 15.8. The number of anilines is 1. The Morgan fingerprint density at radius 1 is 1.03 bits per heavy atom. The van der Waals surface area contributed by atoms with Gasteiger partial charge in [-0.3, -0.25) is 9.59 Å². The van der Waals surface area contributed by atoms with Crippen LogP contribution in [0.15, 0.2) is 54.6 Å². The summed E-state index contributed by atoms with van der Waals surface area (Å²) in [6.45, 7) is 5.57. The third kappa shape index (κ3) is 7.22. The van der Waals surface area contributed by atoms with Crippen LogP contribution in [0.2, 0.25) is 5.02 Å². The van der Waals surface area contributed by atoms with Gasteiger partial charge < -0.3 is 20.9 Å². The largest absolute Gasteiger partial charge is 0.354 e. The van der Waals surface area contributed by atoms with E-state index in [1.165, 1.54) is 0 Å². The van der Waals surface area contributed by atoms with Crippen LogP contribution in [0.4, 0.5) is 10.5 Å². The number of nitrogens with one attached hydrogen (secondary N) is 3. The highest BCUT2D eigenvalue weighted by Crippen LogP contribution is 2.23. The zero-order valence-electron chi connectivity index (χ0n) is 19.0. The maximum absolute atomic E-state index is 13.0. The maximum Gasteiger partial charge on any atom is 0.321 e. The summed E-state index contributed by atoms with van der Waals surface area (Å²) in [7, 11) is 0. The number of amides is 4. The number of benzene rings is 2. The molecule has 0 aromatic heterocycles. The fourth-order valence-corrected chi connectivity index (χ4v) is 4.02. The summed E-state index contributed by atoms with van der Waals surface area (Å²) < 4.78 is 0. The number of urea groups is 1. The lowest BCUT2D eigenvalue weighted by Gasteiger charge is -2.35. The average molecular weight is 471 g/mol. The van der Waals surface area contributed by atoms with Gasteiger partial charge in [0.1, 0.15) is 6.04 Å². The van der Waals surface area contributed by atoms with Gasteiger partial charge in [-0.05, 0) is 55.0 Å². The van der Waals surface area contributed by atoms with Crippen molar-refractivity contribution in [3.05, 3.63) is 65.2 Å². The van der Waals surface area contributed by atoms with Crippen molar-refractivity contribution < 1.29 is 14.4 Å². The molecule has 1 aliphatic rings. The van der Waals surface area contributed by atoms with E-state index in [1.807, 2.05) is 19.9 Å². The summed E-state index contributed by atoms with van der Waals surface area (Å²) in [5, 5.41) is 9.29. The Bertz CT molecular complexity index is 959. The van der Waals surface area contributed by atoms with Gasteiger partial charge in [0.2, 0.25) is 5.91 Å². The number of carbonyl (C=O) groups is 3. The Morgan fingerprint density at radius 2 is 1.73 bits per heavy atom. The summed E-state index contributed by atoms with van der Waals surface area (Å²) >= 11 is 5.99. The molecule has 1 fully saturated rings. The number of hydrogen-bond acceptors (Lipinski definition) is 3. The number of likely N-dealkylation sites (tertiary alicyclic amines) is 1. The zero-order chi connectivity index (χ0) is 23.8. The number of rotatable bonds is 7. The van der Waals surface area contributed by atoms with E-state index in [0.29, 0.717) is 54.7 Å². The van der Waals surface area contributed by atoms with Crippen molar-refractivity contribution >= 4 is 35.1 Å². The molecule has 1 aliphatic heterocycles. The smallest absolute Gasteiger partial charge is 0.321 e. The summed E-state index contributed by atoms with van der Waals surface area (Å²) in [5.74, 6) is -0.229. The van der Waals surface area contributed by atoms with Crippen LogP contribution in [-0.2, 0) is 4.79 Å². The first-order valence-corrected chi connectivity index (χ1v) is 11.7. The zero-order valence-corrected chi connectivity index (χ0v) is 19.8. The fraction of sp³-hybridized carbons (Fsp3) is 0.400. The molecule has 33 heavy (non-hydrogen) atoms. The van der Waals surface area contributed by atoms with Crippen LogP contribution in [0, 0.1) is 11.8 Å². The van der Waals surface area contributed by atoms with Crippen LogP contribution in [0.25, 0.3) is 0 Å². The Kier molecular flexibility index (Phi) is 8.72. The minimum absolute atomic E-state index is 0.0694. The second-order valence-electron chi connectivity index (χ2n) is 8.72.